The largest absolute Gasteiger partial charge is 0.315 e. The monoisotopic (exact) mass is 405 g/mol. The first-order valence-corrected chi connectivity index (χ1v) is 9.72. The third-order valence-corrected chi connectivity index (χ3v) is 5.67. The highest BCUT2D eigenvalue weighted by atomic mass is 32.2. The summed E-state index contributed by atoms with van der Waals surface area (Å²) in [5.41, 5.74) is 2.97. The number of rotatable bonds is 6. The Morgan fingerprint density at radius 1 is 0.793 bits per heavy atom. The summed E-state index contributed by atoms with van der Waals surface area (Å²) in [5, 5.41) is 22.8. The van der Waals surface area contributed by atoms with Crippen molar-refractivity contribution in [2.45, 2.75) is 10.6 Å². The van der Waals surface area contributed by atoms with Crippen LogP contribution in [0.4, 0.5) is 11.4 Å². The van der Waals surface area contributed by atoms with E-state index < -0.39 is 9.85 Å². The number of hydrogen-bond acceptors (Lipinski definition) is 5. The molecular weight excluding hydrogens is 390 g/mol. The molecule has 0 aliphatic heterocycles. The first-order valence-electron chi connectivity index (χ1n) is 8.74. The number of thioether (sulfide) groups is 1. The number of nitro groups is 2. The highest BCUT2D eigenvalue weighted by Crippen LogP contribution is 2.34. The summed E-state index contributed by atoms with van der Waals surface area (Å²) >= 11 is 1.64. The number of nitro benzene ring substituents is 2. The molecule has 0 saturated heterocycles. The zero-order chi connectivity index (χ0) is 20.4. The van der Waals surface area contributed by atoms with Crippen molar-refractivity contribution >= 4 is 34.0 Å². The van der Waals surface area contributed by atoms with Crippen LogP contribution in [0.5, 0.6) is 0 Å². The molecule has 0 fully saturated rings. The molecule has 0 bridgehead atoms. The van der Waals surface area contributed by atoms with Gasteiger partial charge in [-0.2, -0.15) is 0 Å². The van der Waals surface area contributed by atoms with Crippen molar-refractivity contribution in [1.29, 1.82) is 0 Å². The lowest BCUT2D eigenvalue weighted by Gasteiger charge is -2.04. The number of benzene rings is 3. The van der Waals surface area contributed by atoms with E-state index in [0.29, 0.717) is 5.75 Å². The second kappa shape index (κ2) is 7.76. The van der Waals surface area contributed by atoms with Gasteiger partial charge >= 0.3 is 0 Å². The van der Waals surface area contributed by atoms with E-state index >= 15 is 0 Å². The topological polar surface area (TPSA) is 91.2 Å². The third kappa shape index (κ3) is 3.83. The maximum atomic E-state index is 10.9. The van der Waals surface area contributed by atoms with E-state index in [0.717, 1.165) is 27.0 Å². The Morgan fingerprint density at radius 2 is 1.38 bits per heavy atom. The van der Waals surface area contributed by atoms with Crippen LogP contribution in [0.1, 0.15) is 5.56 Å². The van der Waals surface area contributed by atoms with Crippen LogP contribution in [0.2, 0.25) is 0 Å². The molecule has 0 radical (unpaired) electrons. The van der Waals surface area contributed by atoms with E-state index in [4.69, 9.17) is 0 Å². The van der Waals surface area contributed by atoms with E-state index in [1.165, 1.54) is 24.3 Å². The predicted octanol–water partition coefficient (Wildman–Crippen LogP) is 5.74. The maximum Gasteiger partial charge on any atom is 0.269 e. The molecule has 0 saturated carbocycles. The lowest BCUT2D eigenvalue weighted by molar-refractivity contribution is -0.385. The van der Waals surface area contributed by atoms with Gasteiger partial charge in [0, 0.05) is 52.2 Å². The predicted molar refractivity (Wildman–Crippen MR) is 113 cm³/mol. The van der Waals surface area contributed by atoms with Crippen LogP contribution in [0.15, 0.2) is 83.9 Å². The summed E-state index contributed by atoms with van der Waals surface area (Å²) in [6.07, 6.45) is 2.02. The molecule has 8 heteroatoms. The summed E-state index contributed by atoms with van der Waals surface area (Å²) in [7, 11) is 0. The highest BCUT2D eigenvalue weighted by Gasteiger charge is 2.12. The molecule has 0 aliphatic carbocycles. The van der Waals surface area contributed by atoms with Crippen molar-refractivity contribution in [2.75, 3.05) is 0 Å². The van der Waals surface area contributed by atoms with E-state index in [9.17, 15) is 20.2 Å². The lowest BCUT2D eigenvalue weighted by Crippen LogP contribution is -1.93. The summed E-state index contributed by atoms with van der Waals surface area (Å²) < 4.78 is 2.01. The number of nitrogens with zero attached hydrogens (tertiary/aromatic N) is 3. The number of aromatic nitrogens is 1. The van der Waals surface area contributed by atoms with Gasteiger partial charge in [0.05, 0.1) is 15.4 Å². The Kier molecular flexibility index (Phi) is 5.01. The first kappa shape index (κ1) is 18.7. The van der Waals surface area contributed by atoms with Crippen molar-refractivity contribution in [3.8, 4) is 5.69 Å². The number of fused-ring (bicyclic) bond motifs is 1. The van der Waals surface area contributed by atoms with Gasteiger partial charge < -0.3 is 4.57 Å². The van der Waals surface area contributed by atoms with E-state index in [2.05, 4.69) is 0 Å². The van der Waals surface area contributed by atoms with Crippen LogP contribution >= 0.6 is 11.8 Å². The molecule has 0 aliphatic rings. The SMILES string of the molecule is O=[N+]([O-])c1ccc(CSc2cn(-c3ccc([N+](=O)[O-])cc3)c3ccccc23)cc1. The smallest absolute Gasteiger partial charge is 0.269 e. The van der Waals surface area contributed by atoms with Crippen LogP contribution in [0.3, 0.4) is 0 Å². The standard InChI is InChI=1S/C21H15N3O4S/c25-23(26)17-7-5-15(6-8-17)14-29-21-13-22(20-4-2-1-3-19(20)21)16-9-11-18(12-10-16)24(27)28/h1-13H,14H2. The Balaban J connectivity index is 1.63. The lowest BCUT2D eigenvalue weighted by atomic mass is 10.2. The maximum absolute atomic E-state index is 10.9. The Morgan fingerprint density at radius 3 is 2.00 bits per heavy atom. The quantitative estimate of drug-likeness (QED) is 0.232. The van der Waals surface area contributed by atoms with Gasteiger partial charge in [-0.15, -0.1) is 11.8 Å². The zero-order valence-corrected chi connectivity index (χ0v) is 15.9. The first-order chi connectivity index (χ1) is 14.0. The van der Waals surface area contributed by atoms with Gasteiger partial charge in [-0.3, -0.25) is 20.2 Å². The van der Waals surface area contributed by atoms with Crippen molar-refractivity contribution < 1.29 is 9.85 Å². The van der Waals surface area contributed by atoms with Gasteiger partial charge in [0.15, 0.2) is 0 Å². The molecule has 0 N–H and O–H groups in total. The molecule has 4 aromatic rings. The highest BCUT2D eigenvalue weighted by molar-refractivity contribution is 7.98. The fourth-order valence-electron chi connectivity index (χ4n) is 3.09. The van der Waals surface area contributed by atoms with Crippen LogP contribution in [-0.4, -0.2) is 14.4 Å². The minimum Gasteiger partial charge on any atom is -0.315 e. The zero-order valence-electron chi connectivity index (χ0n) is 15.1. The van der Waals surface area contributed by atoms with Gasteiger partial charge in [-0.05, 0) is 23.8 Å². The fraction of sp³-hybridized carbons (Fsp3) is 0.0476. The third-order valence-electron chi connectivity index (χ3n) is 4.56. The van der Waals surface area contributed by atoms with Crippen molar-refractivity contribution in [3.05, 3.63) is 105 Å². The second-order valence-corrected chi connectivity index (χ2v) is 7.38. The van der Waals surface area contributed by atoms with Crippen molar-refractivity contribution in [1.82, 2.24) is 4.57 Å². The average molecular weight is 405 g/mol. The van der Waals surface area contributed by atoms with Crippen LogP contribution in [0, 0.1) is 20.2 Å². The number of para-hydroxylation sites is 1. The summed E-state index contributed by atoms with van der Waals surface area (Å²) in [5.74, 6) is 0.673. The molecule has 0 atom stereocenters. The molecule has 1 aromatic heterocycles. The van der Waals surface area contributed by atoms with E-state index in [1.54, 1.807) is 36.0 Å². The molecule has 144 valence electrons. The van der Waals surface area contributed by atoms with Crippen molar-refractivity contribution in [2.24, 2.45) is 0 Å². The molecule has 1 heterocycles. The van der Waals surface area contributed by atoms with Gasteiger partial charge in [0.25, 0.3) is 11.4 Å². The van der Waals surface area contributed by atoms with Gasteiger partial charge in [-0.1, -0.05) is 30.3 Å². The van der Waals surface area contributed by atoms with E-state index in [-0.39, 0.29) is 11.4 Å². The molecule has 3 aromatic carbocycles. The Hall–Kier alpha value is -3.65. The van der Waals surface area contributed by atoms with Crippen molar-refractivity contribution in [3.63, 3.8) is 0 Å². The van der Waals surface area contributed by atoms with Crippen LogP contribution in [-0.2, 0) is 5.75 Å². The normalized spacial score (nSPS) is 10.9. The Bertz CT molecular complexity index is 1200. The molecule has 0 spiro atoms. The summed E-state index contributed by atoms with van der Waals surface area (Å²) in [4.78, 5) is 21.9. The molecule has 4 rings (SSSR count). The minimum atomic E-state index is -0.414. The van der Waals surface area contributed by atoms with Gasteiger partial charge in [0.1, 0.15) is 0 Å². The number of non-ortho nitro benzene ring substituents is 2. The number of hydrogen-bond donors (Lipinski definition) is 0. The molecule has 0 amide bonds. The minimum absolute atomic E-state index is 0.0537. The Labute approximate surface area is 169 Å². The summed E-state index contributed by atoms with van der Waals surface area (Å²) in [6.45, 7) is 0. The van der Waals surface area contributed by atoms with Gasteiger partial charge in [-0.25, -0.2) is 0 Å². The molecular formula is C21H15N3O4S. The molecule has 7 nitrogen and oxygen atoms in total. The average Bonchev–Trinajstić information content (AvgIpc) is 3.11. The van der Waals surface area contributed by atoms with E-state index in [1.807, 2.05) is 35.0 Å². The fourth-order valence-corrected chi connectivity index (χ4v) is 4.11. The summed E-state index contributed by atoms with van der Waals surface area (Å²) in [6, 6.07) is 21.0. The molecule has 0 unspecified atom stereocenters. The molecule has 29 heavy (non-hydrogen) atoms. The van der Waals surface area contributed by atoms with Crippen LogP contribution in [0.25, 0.3) is 16.6 Å². The van der Waals surface area contributed by atoms with Gasteiger partial charge in [0.2, 0.25) is 0 Å². The second-order valence-electron chi connectivity index (χ2n) is 6.37. The van der Waals surface area contributed by atoms with Crippen LogP contribution < -0.4 is 0 Å².